The average molecular weight is 1630 g/mol. The van der Waals surface area contributed by atoms with Crippen LogP contribution in [0.1, 0.15) is 0 Å². The molecule has 6 nitrogen and oxygen atoms in total. The number of rotatable bonds is 10. The van der Waals surface area contributed by atoms with E-state index in [1.54, 1.807) is 0 Å². The lowest BCUT2D eigenvalue weighted by Crippen LogP contribution is -2.65. The molecule has 4 aliphatic heterocycles. The highest BCUT2D eigenvalue weighted by molar-refractivity contribution is 7.28. The largest absolute Gasteiger partial charge is 0.311 e. The summed E-state index contributed by atoms with van der Waals surface area (Å²) in [5, 5.41) is 12.4. The van der Waals surface area contributed by atoms with Crippen LogP contribution in [0.5, 0.6) is 0 Å². The fourth-order valence-corrected chi connectivity index (χ4v) is 26.6. The molecule has 0 aliphatic carbocycles. The first-order valence-corrected chi connectivity index (χ1v) is 45.3. The minimum absolute atomic E-state index is 0.266. The van der Waals surface area contributed by atoms with E-state index >= 15 is 0 Å². The zero-order valence-electron chi connectivity index (χ0n) is 64.8. The Kier molecular flexibility index (Phi) is 14.7. The van der Waals surface area contributed by atoms with Gasteiger partial charge in [-0.05, 0) is 197 Å². The van der Waals surface area contributed by atoms with Gasteiger partial charge in [-0.15, -0.1) is 56.7 Å². The monoisotopic (exact) mass is 1630 g/mol. The molecule has 0 atom stereocenters. The Hall–Kier alpha value is -14.0. The highest BCUT2D eigenvalue weighted by Crippen LogP contribution is 2.58. The Morgan fingerprint density at radius 2 is 0.512 bits per heavy atom. The van der Waals surface area contributed by atoms with E-state index in [2.05, 4.69) is 418 Å². The summed E-state index contributed by atoms with van der Waals surface area (Å²) in [6.07, 6.45) is 0. The van der Waals surface area contributed by atoms with E-state index in [1.807, 2.05) is 56.7 Å². The van der Waals surface area contributed by atoms with Crippen LogP contribution in [0.4, 0.5) is 102 Å². The van der Waals surface area contributed by atoms with Gasteiger partial charge in [0.2, 0.25) is 0 Å². The minimum atomic E-state index is -0.286. The molecule has 121 heavy (non-hydrogen) atoms. The molecule has 9 heterocycles. The molecule has 27 rings (SSSR count). The predicted octanol–water partition coefficient (Wildman–Crippen LogP) is 28.6. The highest BCUT2D eigenvalue weighted by Gasteiger charge is 2.50. The summed E-state index contributed by atoms with van der Waals surface area (Å²) in [7, 11) is 0. The molecule has 0 spiro atoms. The van der Waals surface area contributed by atoms with Crippen LogP contribution in [0.3, 0.4) is 0 Å². The summed E-state index contributed by atoms with van der Waals surface area (Å²) in [4.78, 5) is 15.9. The molecule has 0 radical (unpaired) electrons. The third-order valence-electron chi connectivity index (χ3n) is 25.7. The van der Waals surface area contributed by atoms with Crippen LogP contribution in [-0.4, -0.2) is 13.4 Å². The van der Waals surface area contributed by atoms with E-state index in [-0.39, 0.29) is 13.4 Å². The van der Waals surface area contributed by atoms with Gasteiger partial charge in [-0.25, -0.2) is 0 Å². The van der Waals surface area contributed by atoms with Crippen LogP contribution in [0.25, 0.3) is 101 Å². The maximum atomic E-state index is 2.75. The van der Waals surface area contributed by atoms with E-state index in [1.165, 1.54) is 134 Å². The fraction of sp³-hybridized carbons (Fsp3) is 0. The fourth-order valence-electron chi connectivity index (χ4n) is 20.9. The Labute approximate surface area is 717 Å². The topological polar surface area (TPSA) is 19.4 Å². The normalized spacial score (nSPS) is 13.2. The second-order valence-corrected chi connectivity index (χ2v) is 37.4. The van der Waals surface area contributed by atoms with Crippen LogP contribution in [0, 0.1) is 0 Å². The Morgan fingerprint density at radius 3 is 0.992 bits per heavy atom. The number of anilines is 18. The molecule has 0 amide bonds. The molecule has 0 N–H and O–H groups in total. The molecule has 0 saturated carbocycles. The molecule has 0 saturated heterocycles. The van der Waals surface area contributed by atoms with Gasteiger partial charge in [-0.2, -0.15) is 0 Å². The lowest BCUT2D eigenvalue weighted by Gasteiger charge is -2.48. The number of benzene rings is 18. The average Bonchev–Trinajstić information content (AvgIpc) is 1.68. The second kappa shape index (κ2) is 26.2. The quantitative estimate of drug-likeness (QED) is 0.126. The molecular formula is C108H64B2N6S5. The second-order valence-electron chi connectivity index (χ2n) is 32.0. The summed E-state index contributed by atoms with van der Waals surface area (Å²) in [6, 6.07) is 148. The van der Waals surface area contributed by atoms with Crippen LogP contribution < -0.4 is 62.2 Å². The smallest absolute Gasteiger partial charge is 0.252 e. The highest BCUT2D eigenvalue weighted by atomic mass is 32.1. The summed E-state index contributed by atoms with van der Waals surface area (Å²) in [6.45, 7) is -0.552. The molecule has 0 bridgehead atoms. The van der Waals surface area contributed by atoms with Gasteiger partial charge in [-0.1, -0.05) is 224 Å². The Morgan fingerprint density at radius 1 is 0.190 bits per heavy atom. The summed E-state index contributed by atoms with van der Waals surface area (Å²) < 4.78 is 12.5. The van der Waals surface area contributed by atoms with Gasteiger partial charge >= 0.3 is 0 Å². The van der Waals surface area contributed by atoms with E-state index in [4.69, 9.17) is 0 Å². The van der Waals surface area contributed by atoms with E-state index in [9.17, 15) is 0 Å². The van der Waals surface area contributed by atoms with Crippen molar-refractivity contribution in [2.75, 3.05) is 29.4 Å². The lowest BCUT2D eigenvalue weighted by molar-refractivity contribution is 1.22. The molecule has 0 unspecified atom stereocenters. The first-order valence-electron chi connectivity index (χ1n) is 41.3. The zero-order valence-corrected chi connectivity index (χ0v) is 68.9. The van der Waals surface area contributed by atoms with Crippen molar-refractivity contribution in [1.29, 1.82) is 0 Å². The van der Waals surface area contributed by atoms with E-state index in [0.29, 0.717) is 0 Å². The number of para-hydroxylation sites is 5. The van der Waals surface area contributed by atoms with Crippen molar-refractivity contribution in [3.63, 3.8) is 0 Å². The summed E-state index contributed by atoms with van der Waals surface area (Å²) >= 11 is 9.39. The molecular weight excluding hydrogens is 1560 g/mol. The third-order valence-corrected chi connectivity index (χ3v) is 31.5. The van der Waals surface area contributed by atoms with Crippen LogP contribution in [0.15, 0.2) is 388 Å². The molecule has 5 aromatic heterocycles. The first-order chi connectivity index (χ1) is 60.1. The molecule has 13 heteroatoms. The van der Waals surface area contributed by atoms with Crippen molar-refractivity contribution in [3.05, 3.63) is 388 Å². The molecule has 4 aliphatic rings. The van der Waals surface area contributed by atoms with Gasteiger partial charge in [0.25, 0.3) is 13.4 Å². The van der Waals surface area contributed by atoms with Crippen LogP contribution >= 0.6 is 56.7 Å². The summed E-state index contributed by atoms with van der Waals surface area (Å²) in [5.41, 5.74) is 27.5. The van der Waals surface area contributed by atoms with Crippen molar-refractivity contribution in [3.8, 4) is 0 Å². The van der Waals surface area contributed by atoms with E-state index < -0.39 is 0 Å². The van der Waals surface area contributed by atoms with Crippen molar-refractivity contribution in [1.82, 2.24) is 0 Å². The number of thiophene rings is 5. The number of hydrogen-bond donors (Lipinski definition) is 0. The number of hydrogen-bond acceptors (Lipinski definition) is 11. The maximum Gasteiger partial charge on any atom is 0.252 e. The van der Waals surface area contributed by atoms with Crippen LogP contribution in [0.2, 0.25) is 0 Å². The lowest BCUT2D eigenvalue weighted by atomic mass is 9.30. The van der Waals surface area contributed by atoms with Gasteiger partial charge < -0.3 is 29.4 Å². The standard InChI is InChI=1S/C108H64B2N6S5/c1-4-29-65(30-5-1)111(82-45-25-55-98-102(82)72-36-11-20-51-94(72)117-98)68-60-90-107-92(61-68)116(85-48-28-58-101-105(85)75-39-14-23-54-97(75)120-101)88-64-87-78(63-79(88)110(107)77-42-16-18-44-81(77)114(90)83-46-26-56-99-103(83)73-37-12-21-52-95(73)118-99)109-76-41-15-17-43-80(76)113(67-33-8-3-9-34-67)89-59-69(62-91(106(89)109)115(87)84-47-27-57-100-104(84)74-38-13-22-53-96(74)119-100)112(66-31-6-2-7-32-66)86-49-24-40-71-70-35-10-19-50-93(70)121-108(71)86/h1-64H. The van der Waals surface area contributed by atoms with Gasteiger partial charge in [0.05, 0.1) is 44.5 Å². The summed E-state index contributed by atoms with van der Waals surface area (Å²) in [5.74, 6) is 0. The van der Waals surface area contributed by atoms with Crippen molar-refractivity contribution in [2.45, 2.75) is 0 Å². The van der Waals surface area contributed by atoms with Gasteiger partial charge in [0.1, 0.15) is 0 Å². The van der Waals surface area contributed by atoms with Gasteiger partial charge in [0.15, 0.2) is 0 Å². The number of nitrogens with zero attached hydrogens (tertiary/aromatic N) is 6. The molecule has 562 valence electrons. The van der Waals surface area contributed by atoms with Crippen LogP contribution in [-0.2, 0) is 0 Å². The molecule has 0 fully saturated rings. The Bertz CT molecular complexity index is 8340. The first kappa shape index (κ1) is 68.0. The Balaban J connectivity index is 0.814. The minimum Gasteiger partial charge on any atom is -0.311 e. The van der Waals surface area contributed by atoms with Crippen molar-refractivity contribution in [2.24, 2.45) is 0 Å². The predicted molar refractivity (Wildman–Crippen MR) is 528 cm³/mol. The molecule has 18 aromatic carbocycles. The van der Waals surface area contributed by atoms with Crippen molar-refractivity contribution >= 4 is 306 Å². The van der Waals surface area contributed by atoms with Gasteiger partial charge in [-0.3, -0.25) is 0 Å². The zero-order chi connectivity index (χ0) is 78.8. The number of fused-ring (bicyclic) bond motifs is 23. The maximum absolute atomic E-state index is 2.75. The SMILES string of the molecule is c1ccc(N2c3ccccc3B3c4cc5c(cc4N(c4cccc6sc7ccccc7c46)c4cc(N(c6ccccc6)c6cccc7c6sc6ccccc67)cc2c43)N(c2cccc3sc4ccccc4c23)c2cc(N(c3ccccc3)c3cccc4sc6ccccc6c34)cc3c2B5c2ccccc2N3c2cccc3sc4ccccc4c23)cc1. The molecule has 23 aromatic rings. The van der Waals surface area contributed by atoms with Crippen molar-refractivity contribution < 1.29 is 0 Å². The van der Waals surface area contributed by atoms with E-state index in [0.717, 1.165) is 102 Å². The third kappa shape index (κ3) is 9.86. The van der Waals surface area contributed by atoms with Gasteiger partial charge in [0, 0.05) is 159 Å².